The Morgan fingerprint density at radius 3 is 0.875 bits per heavy atom. The molecule has 0 atom stereocenters. The van der Waals surface area contributed by atoms with Gasteiger partial charge < -0.3 is 0 Å². The van der Waals surface area contributed by atoms with Crippen LogP contribution in [0.15, 0.2) is 0 Å². The number of rotatable bonds is 0. The summed E-state index contributed by atoms with van der Waals surface area (Å²) < 4.78 is 0. The zero-order valence-corrected chi connectivity index (χ0v) is 3.92. The Morgan fingerprint density at radius 2 is 0.875 bits per heavy atom. The van der Waals surface area contributed by atoms with Crippen LogP contribution < -0.4 is 9.82 Å². The lowest BCUT2D eigenvalue weighted by molar-refractivity contribution is 0.928. The van der Waals surface area contributed by atoms with Gasteiger partial charge in [-0.3, -0.25) is 0 Å². The lowest BCUT2D eigenvalue weighted by atomic mass is 11.9. The van der Waals surface area contributed by atoms with Crippen molar-refractivity contribution in [3.63, 3.8) is 0 Å². The SMILES string of the molecule is C#N.N=[N+]=N.N=[N+]=N. The largest absolute Gasteiger partial charge is 0.211 e. The molecule has 0 heterocycles. The van der Waals surface area contributed by atoms with E-state index in [1.807, 2.05) is 9.82 Å². The Hall–Kier alpha value is -1.89. The predicted molar refractivity (Wildman–Crippen MR) is 21.8 cm³/mol. The first-order valence-corrected chi connectivity index (χ1v) is 1.15. The molecule has 42 valence electrons. The topological polar surface area (TPSA) is 147 Å². The molecule has 0 saturated heterocycles. The number of hydrogen-bond acceptors (Lipinski definition) is 5. The van der Waals surface area contributed by atoms with Crippen LogP contribution >= 0.6 is 0 Å². The van der Waals surface area contributed by atoms with Gasteiger partial charge in [0.25, 0.3) is 0 Å². The third-order valence-corrected chi connectivity index (χ3v) is 0. The standard InChI is InChI=1S/CHN.2H2N3/c1-2;2*1-3-2/h1H;2*1-2H/q;2*+1. The maximum atomic E-state index is 6.50. The first-order valence-electron chi connectivity index (χ1n) is 1.15. The number of nitrogens with one attached hydrogen (secondary N) is 4. The minimum Gasteiger partial charge on any atom is -0.202 e. The molecule has 0 fully saturated rings. The van der Waals surface area contributed by atoms with Crippen molar-refractivity contribution in [3.8, 4) is 6.57 Å². The van der Waals surface area contributed by atoms with Crippen LogP contribution in [0.2, 0.25) is 0 Å². The summed E-state index contributed by atoms with van der Waals surface area (Å²) in [4.78, 5) is 4.00. The summed E-state index contributed by atoms with van der Waals surface area (Å²) in [6.07, 6.45) is 0. The molecule has 0 radical (unpaired) electrons. The molecule has 0 amide bonds. The molecule has 0 aromatic rings. The fraction of sp³-hybridized carbons (Fsp3) is 0. The van der Waals surface area contributed by atoms with E-state index in [1.165, 1.54) is 0 Å². The highest BCUT2D eigenvalue weighted by Gasteiger charge is 1.16. The summed E-state index contributed by atoms with van der Waals surface area (Å²) in [6.45, 7) is 3.50. The molecule has 0 bridgehead atoms. The molecular weight excluding hydrogens is 110 g/mol. The highest BCUT2D eigenvalue weighted by atomic mass is 15.0. The minimum atomic E-state index is 2.00. The Labute approximate surface area is 45.0 Å². The average molecular weight is 115 g/mol. The summed E-state index contributed by atoms with van der Waals surface area (Å²) in [5.74, 6) is 0. The third kappa shape index (κ3) is 11.1. The fourth-order valence-corrected chi connectivity index (χ4v) is 0. The Balaban J connectivity index is -0.0000000483. The summed E-state index contributed by atoms with van der Waals surface area (Å²) in [7, 11) is 0. The van der Waals surface area contributed by atoms with Crippen molar-refractivity contribution in [2.45, 2.75) is 0 Å². The van der Waals surface area contributed by atoms with Gasteiger partial charge in [0.2, 0.25) is 9.82 Å². The third-order valence-electron chi connectivity index (χ3n) is 0. The van der Waals surface area contributed by atoms with E-state index in [1.54, 1.807) is 0 Å². The summed E-state index contributed by atoms with van der Waals surface area (Å²) in [5.41, 5.74) is 22.0. The van der Waals surface area contributed by atoms with Crippen LogP contribution in [0.4, 0.5) is 0 Å². The zero-order chi connectivity index (χ0) is 7.41. The molecule has 0 aliphatic rings. The average Bonchev–Trinajstić information content (AvgIpc) is 1.75. The summed E-state index contributed by atoms with van der Waals surface area (Å²) >= 11 is 0. The van der Waals surface area contributed by atoms with Crippen LogP contribution in [0, 0.1) is 34.0 Å². The second-order valence-corrected chi connectivity index (χ2v) is 0.224. The molecule has 0 rings (SSSR count). The molecule has 0 aromatic heterocycles. The number of nitrogens with zero attached hydrogens (tertiary/aromatic N) is 3. The maximum Gasteiger partial charge on any atom is 0.211 e. The molecule has 4 N–H and O–H groups in total. The van der Waals surface area contributed by atoms with Gasteiger partial charge in [-0.25, -0.2) is 5.26 Å². The first-order chi connectivity index (χ1) is 3.83. The number of hydrogen-bond donors (Lipinski definition) is 4. The molecule has 0 saturated carbocycles. The second-order valence-electron chi connectivity index (χ2n) is 0.224. The maximum absolute atomic E-state index is 6.50. The van der Waals surface area contributed by atoms with Crippen molar-refractivity contribution in [2.75, 3.05) is 0 Å². The van der Waals surface area contributed by atoms with E-state index in [-0.39, 0.29) is 0 Å². The van der Waals surface area contributed by atoms with Gasteiger partial charge in [0.15, 0.2) is 0 Å². The van der Waals surface area contributed by atoms with E-state index >= 15 is 0 Å². The van der Waals surface area contributed by atoms with Crippen LogP contribution in [0.25, 0.3) is 0 Å². The smallest absolute Gasteiger partial charge is 0.202 e. The van der Waals surface area contributed by atoms with Gasteiger partial charge in [0.1, 0.15) is 22.1 Å². The first kappa shape index (κ1) is 16.5. The monoisotopic (exact) mass is 115 g/mol. The lowest BCUT2D eigenvalue weighted by Crippen LogP contribution is -1.24. The molecule has 0 unspecified atom stereocenters. The van der Waals surface area contributed by atoms with Crippen molar-refractivity contribution in [1.82, 2.24) is 9.82 Å². The molecule has 0 aliphatic heterocycles. The van der Waals surface area contributed by atoms with Gasteiger partial charge in [0, 0.05) is 6.57 Å². The lowest BCUT2D eigenvalue weighted by Gasteiger charge is -0.844. The Morgan fingerprint density at radius 1 is 0.875 bits per heavy atom. The number of nitriles is 1. The van der Waals surface area contributed by atoms with Crippen molar-refractivity contribution >= 4 is 0 Å². The van der Waals surface area contributed by atoms with E-state index in [9.17, 15) is 0 Å². The van der Waals surface area contributed by atoms with E-state index in [0.717, 1.165) is 0 Å². The Bertz CT molecular complexity index is 84.8. The van der Waals surface area contributed by atoms with Gasteiger partial charge in [-0.2, -0.15) is 0 Å². The molecule has 7 heteroatoms. The molecule has 7 nitrogen and oxygen atoms in total. The van der Waals surface area contributed by atoms with Gasteiger partial charge in [-0.15, -0.1) is 0 Å². The quantitative estimate of drug-likeness (QED) is 0.262. The minimum absolute atomic E-state index is 2.00. The van der Waals surface area contributed by atoms with Crippen molar-refractivity contribution in [3.05, 3.63) is 0 Å². The van der Waals surface area contributed by atoms with Crippen LogP contribution in [0.3, 0.4) is 0 Å². The van der Waals surface area contributed by atoms with E-state index in [2.05, 4.69) is 6.57 Å². The van der Waals surface area contributed by atoms with Gasteiger partial charge >= 0.3 is 0 Å². The van der Waals surface area contributed by atoms with E-state index in [4.69, 9.17) is 27.4 Å². The van der Waals surface area contributed by atoms with Crippen molar-refractivity contribution in [1.29, 1.82) is 27.4 Å². The van der Waals surface area contributed by atoms with Crippen molar-refractivity contribution in [2.24, 2.45) is 0 Å². The van der Waals surface area contributed by atoms with Crippen LogP contribution in [0.5, 0.6) is 0 Å². The summed E-state index contributed by atoms with van der Waals surface area (Å²) in [5, 5.41) is 6.50. The van der Waals surface area contributed by atoms with Gasteiger partial charge in [0.05, 0.1) is 0 Å². The molecule has 0 aliphatic carbocycles. The second kappa shape index (κ2) is 7130. The fourth-order valence-electron chi connectivity index (χ4n) is 0. The Kier molecular flexibility index (Phi) is 14700. The molecule has 0 aromatic carbocycles. The van der Waals surface area contributed by atoms with E-state index < -0.39 is 0 Å². The summed E-state index contributed by atoms with van der Waals surface area (Å²) in [6, 6.07) is 0. The van der Waals surface area contributed by atoms with Crippen molar-refractivity contribution < 1.29 is 0 Å². The zero-order valence-electron chi connectivity index (χ0n) is 3.92. The van der Waals surface area contributed by atoms with Crippen LogP contribution in [-0.4, -0.2) is 0 Å². The highest BCUT2D eigenvalue weighted by molar-refractivity contribution is 4.03. The molecule has 8 heavy (non-hydrogen) atoms. The van der Waals surface area contributed by atoms with Gasteiger partial charge in [-0.1, -0.05) is 0 Å². The molecule has 0 spiro atoms. The van der Waals surface area contributed by atoms with E-state index in [0.29, 0.717) is 0 Å². The highest BCUT2D eigenvalue weighted by Crippen LogP contribution is 0.844. The van der Waals surface area contributed by atoms with Crippen LogP contribution in [0.1, 0.15) is 0 Å². The predicted octanol–water partition coefficient (Wildman–Crippen LogP) is 0.371. The molecular formula is CH5N7+2. The van der Waals surface area contributed by atoms with Gasteiger partial charge in [-0.05, 0) is 0 Å². The normalized spacial score (nSPS) is 2.25. The van der Waals surface area contributed by atoms with Crippen LogP contribution in [-0.2, 0) is 0 Å².